The van der Waals surface area contributed by atoms with Gasteiger partial charge in [0.2, 0.25) is 0 Å². The van der Waals surface area contributed by atoms with E-state index < -0.39 is 29.4 Å². The maximum atomic E-state index is 10.4. The predicted octanol–water partition coefficient (Wildman–Crippen LogP) is -0.604. The summed E-state index contributed by atoms with van der Waals surface area (Å²) in [4.78, 5) is 49.2. The summed E-state index contributed by atoms with van der Waals surface area (Å²) in [6.45, 7) is 1.08. The van der Waals surface area contributed by atoms with Crippen LogP contribution in [0.2, 0.25) is 0 Å². The molecule has 0 aliphatic rings. The largest absolute Gasteiger partial charge is 0.490 e. The number of hydrogen-bond acceptors (Lipinski definition) is 6. The molecule has 0 atom stereocenters. The van der Waals surface area contributed by atoms with E-state index in [9.17, 15) is 13.7 Å². The van der Waals surface area contributed by atoms with E-state index in [2.05, 4.69) is 8.62 Å². The molecule has 0 saturated heterocycles. The summed E-state index contributed by atoms with van der Waals surface area (Å²) in [5.74, 6) is -0.833. The fourth-order valence-electron chi connectivity index (χ4n) is 0.284. The Bertz CT molecular complexity index is 353. The molecule has 104 valence electrons. The van der Waals surface area contributed by atoms with Gasteiger partial charge in [0.1, 0.15) is 0 Å². The highest BCUT2D eigenvalue weighted by Crippen LogP contribution is 2.64. The van der Waals surface area contributed by atoms with Gasteiger partial charge in [-0.25, -0.2) is 13.7 Å². The first-order chi connectivity index (χ1) is 7.15. The molecule has 0 aliphatic heterocycles. The Labute approximate surface area is 93.9 Å². The van der Waals surface area contributed by atoms with E-state index in [-0.39, 0.29) is 0 Å². The summed E-state index contributed by atoms with van der Waals surface area (Å²) in [5, 5.41) is 7.42. The van der Waals surface area contributed by atoms with Crippen LogP contribution in [0.4, 0.5) is 0 Å². The Hall–Kier alpha value is -0.120. The average molecular weight is 318 g/mol. The third-order valence-corrected chi connectivity index (χ3v) is 3.77. The summed E-state index contributed by atoms with van der Waals surface area (Å²) >= 11 is 0. The summed E-state index contributed by atoms with van der Waals surface area (Å²) in [7, 11) is -16.2. The highest BCUT2D eigenvalue weighted by molar-refractivity contribution is 7.66. The standard InChI is InChI=1S/C2H4O2.H5O10P3/c1-2(3)4;1-11(2,3)9-13(7,8)10-12(4,5)6/h1H3,(H,3,4);(H,7,8)(H2,1,2,3)(H2,4,5,6). The van der Waals surface area contributed by atoms with E-state index in [0.717, 1.165) is 6.92 Å². The van der Waals surface area contributed by atoms with Crippen molar-refractivity contribution in [1.82, 2.24) is 0 Å². The van der Waals surface area contributed by atoms with Crippen molar-refractivity contribution in [3.63, 3.8) is 0 Å². The van der Waals surface area contributed by atoms with Crippen LogP contribution in [0.15, 0.2) is 0 Å². The first kappa shape index (κ1) is 19.2. The maximum Gasteiger partial charge on any atom is 0.490 e. The van der Waals surface area contributed by atoms with E-state index in [0.29, 0.717) is 0 Å². The molecule has 6 N–H and O–H groups in total. The number of rotatable bonds is 4. The van der Waals surface area contributed by atoms with Gasteiger partial charge in [-0.3, -0.25) is 4.79 Å². The van der Waals surface area contributed by atoms with Crippen LogP contribution in [-0.2, 0) is 27.1 Å². The van der Waals surface area contributed by atoms with Crippen LogP contribution in [0.1, 0.15) is 6.92 Å². The smallest absolute Gasteiger partial charge is 0.481 e. The first-order valence-electron chi connectivity index (χ1n) is 3.21. The number of aliphatic carboxylic acids is 1. The predicted molar refractivity (Wildman–Crippen MR) is 49.4 cm³/mol. The van der Waals surface area contributed by atoms with Gasteiger partial charge in [-0.05, 0) is 0 Å². The molecular formula is C2H9O12P3. The van der Waals surface area contributed by atoms with Crippen LogP contribution >= 0.6 is 23.5 Å². The lowest BCUT2D eigenvalue weighted by molar-refractivity contribution is -0.134. The maximum absolute atomic E-state index is 10.4. The minimum Gasteiger partial charge on any atom is -0.481 e. The molecule has 0 aromatic carbocycles. The Morgan fingerprint density at radius 3 is 1.18 bits per heavy atom. The molecule has 0 spiro atoms. The summed E-state index contributed by atoms with van der Waals surface area (Å²) in [5.41, 5.74) is 0. The number of carbonyl (C=O) groups is 1. The first-order valence-corrected chi connectivity index (χ1v) is 7.76. The Morgan fingerprint density at radius 2 is 1.06 bits per heavy atom. The van der Waals surface area contributed by atoms with Crippen LogP contribution in [0.3, 0.4) is 0 Å². The molecule has 0 aromatic rings. The van der Waals surface area contributed by atoms with E-state index in [1.54, 1.807) is 0 Å². The van der Waals surface area contributed by atoms with Crippen molar-refractivity contribution in [3.05, 3.63) is 0 Å². The quantitative estimate of drug-likeness (QED) is 0.359. The zero-order valence-electron chi connectivity index (χ0n) is 7.97. The summed E-state index contributed by atoms with van der Waals surface area (Å²) in [6.07, 6.45) is 0. The lowest BCUT2D eigenvalue weighted by atomic mass is 10.9. The zero-order chi connectivity index (χ0) is 14.5. The third kappa shape index (κ3) is 21.7. The molecule has 17 heavy (non-hydrogen) atoms. The minimum absolute atomic E-state index is 0.833. The molecule has 0 saturated carbocycles. The van der Waals surface area contributed by atoms with Crippen molar-refractivity contribution in [2.24, 2.45) is 0 Å². The monoisotopic (exact) mass is 318 g/mol. The van der Waals surface area contributed by atoms with Gasteiger partial charge in [0.15, 0.2) is 0 Å². The van der Waals surface area contributed by atoms with Crippen molar-refractivity contribution < 1.29 is 56.7 Å². The molecule has 0 amide bonds. The van der Waals surface area contributed by atoms with Gasteiger partial charge in [-0.2, -0.15) is 8.62 Å². The third-order valence-electron chi connectivity index (χ3n) is 0.419. The average Bonchev–Trinajstić information content (AvgIpc) is 1.68. The molecular weight excluding hydrogens is 309 g/mol. The van der Waals surface area contributed by atoms with Crippen LogP contribution < -0.4 is 0 Å². The van der Waals surface area contributed by atoms with Gasteiger partial charge >= 0.3 is 23.5 Å². The Kier molecular flexibility index (Phi) is 7.60. The normalized spacial score (nSPS) is 12.6. The number of carboxylic acid groups (broad SMARTS) is 1. The molecule has 0 bridgehead atoms. The van der Waals surface area contributed by atoms with Crippen LogP contribution in [0.25, 0.3) is 0 Å². The van der Waals surface area contributed by atoms with Gasteiger partial charge in [-0.15, -0.1) is 0 Å². The van der Waals surface area contributed by atoms with Crippen molar-refractivity contribution in [3.8, 4) is 0 Å². The number of hydrogen-bond donors (Lipinski definition) is 6. The van der Waals surface area contributed by atoms with Gasteiger partial charge in [0.25, 0.3) is 5.97 Å². The second-order valence-electron chi connectivity index (χ2n) is 2.13. The van der Waals surface area contributed by atoms with Crippen LogP contribution in [-0.4, -0.2) is 35.5 Å². The van der Waals surface area contributed by atoms with Crippen molar-refractivity contribution in [2.75, 3.05) is 0 Å². The topological polar surface area (TPSA) is 208 Å². The van der Waals surface area contributed by atoms with E-state index in [1.165, 1.54) is 0 Å². The molecule has 0 aromatic heterocycles. The van der Waals surface area contributed by atoms with E-state index in [1.807, 2.05) is 0 Å². The SMILES string of the molecule is CC(=O)O.O=P(O)(O)OP(=O)(O)OP(=O)(O)O. The second-order valence-corrected chi connectivity index (χ2v) is 6.34. The van der Waals surface area contributed by atoms with E-state index in [4.69, 9.17) is 34.4 Å². The molecule has 0 rings (SSSR count). The van der Waals surface area contributed by atoms with Gasteiger partial charge in [0.05, 0.1) is 0 Å². The van der Waals surface area contributed by atoms with Crippen LogP contribution in [0, 0.1) is 0 Å². The highest BCUT2D eigenvalue weighted by atomic mass is 31.3. The molecule has 0 aliphatic carbocycles. The summed E-state index contributed by atoms with van der Waals surface area (Å²) < 4.78 is 36.4. The Balaban J connectivity index is 0. The van der Waals surface area contributed by atoms with E-state index >= 15 is 0 Å². The minimum atomic E-state index is -5.46. The fourth-order valence-corrected chi connectivity index (χ4v) is 2.82. The van der Waals surface area contributed by atoms with Crippen molar-refractivity contribution >= 4 is 29.4 Å². The summed E-state index contributed by atoms with van der Waals surface area (Å²) in [6, 6.07) is 0. The Morgan fingerprint density at radius 1 is 0.882 bits per heavy atom. The van der Waals surface area contributed by atoms with Gasteiger partial charge in [0, 0.05) is 6.92 Å². The van der Waals surface area contributed by atoms with Crippen molar-refractivity contribution in [2.45, 2.75) is 6.92 Å². The molecule has 0 radical (unpaired) electrons. The molecule has 0 unspecified atom stereocenters. The molecule has 15 heteroatoms. The molecule has 0 heterocycles. The van der Waals surface area contributed by atoms with Gasteiger partial charge in [-0.1, -0.05) is 0 Å². The zero-order valence-corrected chi connectivity index (χ0v) is 10.7. The number of carboxylic acids is 1. The molecule has 0 fully saturated rings. The molecule has 12 nitrogen and oxygen atoms in total. The fraction of sp³-hybridized carbons (Fsp3) is 0.500. The van der Waals surface area contributed by atoms with Crippen LogP contribution in [0.5, 0.6) is 0 Å². The lowest BCUT2D eigenvalue weighted by Crippen LogP contribution is -1.91. The highest BCUT2D eigenvalue weighted by Gasteiger charge is 2.38. The van der Waals surface area contributed by atoms with Crippen molar-refractivity contribution in [1.29, 1.82) is 0 Å². The number of phosphoric acid groups is 3. The van der Waals surface area contributed by atoms with Gasteiger partial charge < -0.3 is 29.6 Å². The second kappa shape index (κ2) is 6.72. The lowest BCUT2D eigenvalue weighted by Gasteiger charge is -2.11.